The molecule has 4 N–H and O–H groups in total. The van der Waals surface area contributed by atoms with Crippen LogP contribution < -0.4 is 11.1 Å². The molecule has 1 rings (SSSR count). The second-order valence-corrected chi connectivity index (χ2v) is 9.20. The molecule has 3 unspecified atom stereocenters. The van der Waals surface area contributed by atoms with E-state index in [0.717, 1.165) is 5.56 Å². The summed E-state index contributed by atoms with van der Waals surface area (Å²) in [7, 11) is 0. The van der Waals surface area contributed by atoms with Crippen molar-refractivity contribution in [2.45, 2.75) is 33.6 Å². The van der Waals surface area contributed by atoms with Gasteiger partial charge in [-0.3, -0.25) is 9.59 Å². The zero-order valence-corrected chi connectivity index (χ0v) is 18.7. The molecular formula is C21H29N3O3S2. The summed E-state index contributed by atoms with van der Waals surface area (Å²) in [4.78, 5) is 24.1. The average Bonchev–Trinajstić information content (AvgIpc) is 2.73. The van der Waals surface area contributed by atoms with E-state index >= 15 is 0 Å². The quantitative estimate of drug-likeness (QED) is 0.457. The third-order valence-electron chi connectivity index (χ3n) is 5.49. The van der Waals surface area contributed by atoms with Crippen molar-refractivity contribution in [2.24, 2.45) is 22.5 Å². The Morgan fingerprint density at radius 3 is 2.48 bits per heavy atom. The van der Waals surface area contributed by atoms with E-state index in [2.05, 4.69) is 11.4 Å². The Morgan fingerprint density at radius 1 is 1.34 bits per heavy atom. The number of thiocarbonyl (C=S) groups is 1. The fraction of sp³-hybridized carbons (Fsp3) is 0.524. The van der Waals surface area contributed by atoms with E-state index in [0.29, 0.717) is 23.0 Å². The monoisotopic (exact) mass is 435 g/mol. The molecule has 29 heavy (non-hydrogen) atoms. The maximum atomic E-state index is 13.1. The number of nitriles is 1. The molecule has 0 aliphatic carbocycles. The zero-order chi connectivity index (χ0) is 22.1. The molecule has 0 bridgehead atoms. The van der Waals surface area contributed by atoms with Gasteiger partial charge >= 0.3 is 5.97 Å². The number of nitrogens with zero attached hydrogens (tertiary/aromatic N) is 1. The molecule has 0 saturated carbocycles. The molecule has 3 atom stereocenters. The molecule has 1 aromatic carbocycles. The van der Waals surface area contributed by atoms with Crippen LogP contribution in [0.2, 0.25) is 0 Å². The lowest BCUT2D eigenvalue weighted by Gasteiger charge is -2.41. The number of carboxylic acid groups (broad SMARTS) is 1. The van der Waals surface area contributed by atoms with E-state index in [-0.39, 0.29) is 18.7 Å². The molecule has 0 saturated heterocycles. The summed E-state index contributed by atoms with van der Waals surface area (Å²) >= 11 is 6.92. The number of carboxylic acids is 1. The number of nitrogens with two attached hydrogens (primary N) is 1. The maximum Gasteiger partial charge on any atom is 0.303 e. The Bertz CT molecular complexity index is 766. The summed E-state index contributed by atoms with van der Waals surface area (Å²) in [5.41, 5.74) is 4.50. The first-order chi connectivity index (χ1) is 13.6. The van der Waals surface area contributed by atoms with E-state index in [4.69, 9.17) is 23.1 Å². The van der Waals surface area contributed by atoms with Crippen LogP contribution in [0.3, 0.4) is 0 Å². The minimum Gasteiger partial charge on any atom is -0.481 e. The molecule has 8 heteroatoms. The molecule has 0 heterocycles. The first-order valence-electron chi connectivity index (χ1n) is 9.44. The fourth-order valence-electron chi connectivity index (χ4n) is 3.09. The summed E-state index contributed by atoms with van der Waals surface area (Å²) in [6.45, 7) is 5.99. The van der Waals surface area contributed by atoms with Crippen molar-refractivity contribution in [3.8, 4) is 6.07 Å². The predicted octanol–water partition coefficient (Wildman–Crippen LogP) is 3.21. The summed E-state index contributed by atoms with van der Waals surface area (Å²) in [5.74, 6) is -1.23. The van der Waals surface area contributed by atoms with Crippen LogP contribution in [0.4, 0.5) is 0 Å². The SMILES string of the molecule is CC(C(C)(C#N)CCC(=O)O)C(C)(CSC(=S)c1ccccc1)C(=O)NCCN. The maximum absolute atomic E-state index is 13.1. The van der Waals surface area contributed by atoms with Gasteiger partial charge in [-0.1, -0.05) is 49.5 Å². The van der Waals surface area contributed by atoms with Crippen LogP contribution >= 0.6 is 24.0 Å². The standard InChI is InChI=1S/C21H29N3O3S2/c1-15(20(2,13-23)10-9-17(25)26)21(3,19(27)24-12-11-22)14-29-18(28)16-7-5-4-6-8-16/h4-8,15H,9-12,14,22H2,1-3H3,(H,24,27)(H,25,26). The van der Waals surface area contributed by atoms with E-state index in [1.807, 2.05) is 37.3 Å². The minimum absolute atomic E-state index is 0.134. The van der Waals surface area contributed by atoms with Crippen LogP contribution in [0, 0.1) is 28.1 Å². The topological polar surface area (TPSA) is 116 Å². The summed E-state index contributed by atoms with van der Waals surface area (Å²) < 4.78 is 0.667. The Hall–Kier alpha value is -1.95. The van der Waals surface area contributed by atoms with Crippen LogP contribution in [0.5, 0.6) is 0 Å². The number of carbonyl (C=O) groups is 2. The Labute approximate surface area is 182 Å². The average molecular weight is 436 g/mol. The minimum atomic E-state index is -0.984. The first-order valence-corrected chi connectivity index (χ1v) is 10.8. The predicted molar refractivity (Wildman–Crippen MR) is 121 cm³/mol. The lowest BCUT2D eigenvalue weighted by molar-refractivity contribution is -0.138. The second kappa shape index (κ2) is 11.3. The highest BCUT2D eigenvalue weighted by atomic mass is 32.2. The zero-order valence-electron chi connectivity index (χ0n) is 17.1. The third kappa shape index (κ3) is 6.81. The van der Waals surface area contributed by atoms with Gasteiger partial charge in [0, 0.05) is 25.3 Å². The molecule has 6 nitrogen and oxygen atoms in total. The number of rotatable bonds is 11. The van der Waals surface area contributed by atoms with Crippen molar-refractivity contribution in [2.75, 3.05) is 18.8 Å². The first kappa shape index (κ1) is 25.1. The number of hydrogen-bond acceptors (Lipinski definition) is 6. The van der Waals surface area contributed by atoms with Crippen molar-refractivity contribution in [1.82, 2.24) is 5.32 Å². The summed E-state index contributed by atoms with van der Waals surface area (Å²) in [5, 5.41) is 21.7. The lowest BCUT2D eigenvalue weighted by atomic mass is 9.63. The van der Waals surface area contributed by atoms with Crippen molar-refractivity contribution in [3.05, 3.63) is 35.9 Å². The molecular weight excluding hydrogens is 406 g/mol. The smallest absolute Gasteiger partial charge is 0.303 e. The number of nitrogens with one attached hydrogen (secondary N) is 1. The third-order valence-corrected chi connectivity index (χ3v) is 7.32. The van der Waals surface area contributed by atoms with Crippen molar-refractivity contribution in [3.63, 3.8) is 0 Å². The largest absolute Gasteiger partial charge is 0.481 e. The molecule has 0 aromatic heterocycles. The number of hydrogen-bond donors (Lipinski definition) is 3. The Balaban J connectivity index is 3.12. The van der Waals surface area contributed by atoms with Gasteiger partial charge in [0.2, 0.25) is 5.91 Å². The number of aliphatic carboxylic acids is 1. The van der Waals surface area contributed by atoms with Gasteiger partial charge in [0.05, 0.1) is 21.1 Å². The van der Waals surface area contributed by atoms with Crippen LogP contribution in [0.15, 0.2) is 30.3 Å². The van der Waals surface area contributed by atoms with Gasteiger partial charge in [-0.2, -0.15) is 5.26 Å². The highest BCUT2D eigenvalue weighted by Crippen LogP contribution is 2.45. The van der Waals surface area contributed by atoms with E-state index in [9.17, 15) is 14.9 Å². The molecule has 1 amide bonds. The van der Waals surface area contributed by atoms with Gasteiger partial charge in [-0.15, -0.1) is 11.8 Å². The lowest BCUT2D eigenvalue weighted by Crippen LogP contribution is -2.50. The highest BCUT2D eigenvalue weighted by molar-refractivity contribution is 8.23. The summed E-state index contributed by atoms with van der Waals surface area (Å²) in [6.07, 6.45) is 0.0258. The second-order valence-electron chi connectivity index (χ2n) is 7.55. The van der Waals surface area contributed by atoms with E-state index in [1.165, 1.54) is 11.8 Å². The van der Waals surface area contributed by atoms with Gasteiger partial charge < -0.3 is 16.2 Å². The van der Waals surface area contributed by atoms with Gasteiger partial charge in [-0.05, 0) is 31.7 Å². The number of thioether (sulfide) groups is 1. The van der Waals surface area contributed by atoms with Crippen LogP contribution in [-0.4, -0.2) is 40.0 Å². The number of carbonyl (C=O) groups excluding carboxylic acids is 1. The van der Waals surface area contributed by atoms with E-state index < -0.39 is 22.7 Å². The highest BCUT2D eigenvalue weighted by Gasteiger charge is 2.48. The van der Waals surface area contributed by atoms with Crippen LogP contribution in [0.1, 0.15) is 39.2 Å². The molecule has 0 radical (unpaired) electrons. The fourth-order valence-corrected chi connectivity index (χ4v) is 4.51. The van der Waals surface area contributed by atoms with Gasteiger partial charge in [0.1, 0.15) is 0 Å². The molecule has 0 aliphatic heterocycles. The molecule has 0 spiro atoms. The number of benzene rings is 1. The van der Waals surface area contributed by atoms with Crippen LogP contribution in [0.25, 0.3) is 0 Å². The number of amides is 1. The molecule has 158 valence electrons. The van der Waals surface area contributed by atoms with Crippen LogP contribution in [-0.2, 0) is 9.59 Å². The molecule has 1 aromatic rings. The van der Waals surface area contributed by atoms with Gasteiger partial charge in [0.15, 0.2) is 0 Å². The Kier molecular flexibility index (Phi) is 9.77. The normalized spacial score (nSPS) is 16.0. The van der Waals surface area contributed by atoms with Gasteiger partial charge in [0.25, 0.3) is 0 Å². The summed E-state index contributed by atoms with van der Waals surface area (Å²) in [6, 6.07) is 11.8. The van der Waals surface area contributed by atoms with Crippen molar-refractivity contribution < 1.29 is 14.7 Å². The van der Waals surface area contributed by atoms with Gasteiger partial charge in [-0.25, -0.2) is 0 Å². The van der Waals surface area contributed by atoms with Crippen molar-refractivity contribution >= 4 is 40.1 Å². The van der Waals surface area contributed by atoms with Crippen molar-refractivity contribution in [1.29, 1.82) is 5.26 Å². The molecule has 0 fully saturated rings. The molecule has 0 aliphatic rings. The Morgan fingerprint density at radius 2 is 1.97 bits per heavy atom. The van der Waals surface area contributed by atoms with E-state index in [1.54, 1.807) is 13.8 Å².